The molecule has 4 rings (SSSR count). The van der Waals surface area contributed by atoms with Crippen molar-refractivity contribution in [3.05, 3.63) is 108 Å². The Labute approximate surface area is 227 Å². The number of carbonyl (C=O) groups is 1. The maximum atomic E-state index is 12.8. The normalized spacial score (nSPS) is 10.7. The number of anilines is 1. The van der Waals surface area contributed by atoms with E-state index in [4.69, 9.17) is 21.1 Å². The van der Waals surface area contributed by atoms with E-state index >= 15 is 0 Å². The van der Waals surface area contributed by atoms with Gasteiger partial charge in [-0.25, -0.2) is 4.68 Å². The third-order valence-corrected chi connectivity index (χ3v) is 6.00. The Morgan fingerprint density at radius 3 is 2.41 bits per heavy atom. The number of halogens is 1. The molecular weight excluding hydrogens is 530 g/mol. The predicted octanol–water partition coefficient (Wildman–Crippen LogP) is 6.36. The lowest BCUT2D eigenvalue weighted by Crippen LogP contribution is -2.14. The number of hydrogen-bond donors (Lipinski definition) is 1. The first-order valence-electron chi connectivity index (χ1n) is 11.5. The third kappa shape index (κ3) is 6.48. The number of non-ortho nitro benzene ring substituents is 2. The molecule has 0 radical (unpaired) electrons. The quantitative estimate of drug-likeness (QED) is 0.186. The number of ether oxygens (including phenoxy) is 2. The van der Waals surface area contributed by atoms with Crippen LogP contribution in [0.15, 0.2) is 60.8 Å². The zero-order chi connectivity index (χ0) is 28.3. The van der Waals surface area contributed by atoms with Gasteiger partial charge in [-0.2, -0.15) is 5.10 Å². The van der Waals surface area contributed by atoms with Crippen molar-refractivity contribution in [2.45, 2.75) is 27.5 Å². The largest absolute Gasteiger partial charge is 0.470 e. The number of hydrogen-bond acceptors (Lipinski definition) is 8. The maximum absolute atomic E-state index is 12.8. The van der Waals surface area contributed by atoms with Crippen LogP contribution in [-0.2, 0) is 6.73 Å². The molecule has 0 aliphatic carbocycles. The second-order valence-corrected chi connectivity index (χ2v) is 9.03. The highest BCUT2D eigenvalue weighted by Crippen LogP contribution is 2.33. The zero-order valence-electron chi connectivity index (χ0n) is 21.0. The highest BCUT2D eigenvalue weighted by Gasteiger charge is 2.17. The number of nitrogens with zero attached hydrogens (tertiary/aromatic N) is 4. The van der Waals surface area contributed by atoms with E-state index in [-0.39, 0.29) is 46.0 Å². The Kier molecular flexibility index (Phi) is 7.77. The van der Waals surface area contributed by atoms with E-state index < -0.39 is 15.8 Å². The summed E-state index contributed by atoms with van der Waals surface area (Å²) in [4.78, 5) is 34.0. The Hall–Kier alpha value is -4.97. The SMILES string of the molecule is Cc1cc(C)c(C)c(Oc2cc(NC(=O)c3ccn(COc4ccc([N+](=O)[O-])cc4Cl)n3)cc([N+](=O)[O-])c2)c1. The Morgan fingerprint density at radius 1 is 0.974 bits per heavy atom. The molecule has 1 N–H and O–H groups in total. The van der Waals surface area contributed by atoms with Crippen molar-refractivity contribution in [3.8, 4) is 17.2 Å². The van der Waals surface area contributed by atoms with Crippen LogP contribution in [0.25, 0.3) is 0 Å². The van der Waals surface area contributed by atoms with E-state index in [1.54, 1.807) is 0 Å². The Morgan fingerprint density at radius 2 is 1.72 bits per heavy atom. The summed E-state index contributed by atoms with van der Waals surface area (Å²) in [5, 5.41) is 29.2. The van der Waals surface area contributed by atoms with Gasteiger partial charge in [-0.15, -0.1) is 0 Å². The molecule has 1 amide bonds. The van der Waals surface area contributed by atoms with Gasteiger partial charge in [-0.1, -0.05) is 17.7 Å². The molecule has 1 aromatic heterocycles. The van der Waals surface area contributed by atoms with E-state index in [9.17, 15) is 25.0 Å². The van der Waals surface area contributed by atoms with Crippen molar-refractivity contribution in [2.24, 2.45) is 0 Å². The van der Waals surface area contributed by atoms with E-state index in [1.807, 2.05) is 32.9 Å². The summed E-state index contributed by atoms with van der Waals surface area (Å²) in [6, 6.07) is 13.0. The highest BCUT2D eigenvalue weighted by molar-refractivity contribution is 6.32. The van der Waals surface area contributed by atoms with Crippen LogP contribution in [0.5, 0.6) is 17.2 Å². The van der Waals surface area contributed by atoms with Gasteiger partial charge >= 0.3 is 0 Å². The van der Waals surface area contributed by atoms with Crippen molar-refractivity contribution in [1.82, 2.24) is 9.78 Å². The molecule has 0 atom stereocenters. The van der Waals surface area contributed by atoms with Gasteiger partial charge in [0.15, 0.2) is 12.4 Å². The Bertz CT molecular complexity index is 1600. The van der Waals surface area contributed by atoms with Crippen LogP contribution in [0.2, 0.25) is 5.02 Å². The van der Waals surface area contributed by atoms with Gasteiger partial charge in [0.1, 0.15) is 17.2 Å². The van der Waals surface area contributed by atoms with Crippen molar-refractivity contribution >= 4 is 34.6 Å². The molecule has 0 saturated carbocycles. The number of nitro benzene ring substituents is 2. The number of benzene rings is 3. The molecule has 1 heterocycles. The average molecular weight is 552 g/mol. The fraction of sp³-hybridized carbons (Fsp3) is 0.154. The summed E-state index contributed by atoms with van der Waals surface area (Å²) in [7, 11) is 0. The van der Waals surface area contributed by atoms with E-state index in [0.29, 0.717) is 5.75 Å². The van der Waals surface area contributed by atoms with Crippen molar-refractivity contribution in [3.63, 3.8) is 0 Å². The van der Waals surface area contributed by atoms with Gasteiger partial charge in [-0.3, -0.25) is 25.0 Å². The molecule has 0 spiro atoms. The number of amides is 1. The minimum atomic E-state index is -0.615. The van der Waals surface area contributed by atoms with E-state index in [0.717, 1.165) is 22.8 Å². The molecule has 0 fully saturated rings. The zero-order valence-corrected chi connectivity index (χ0v) is 21.8. The van der Waals surface area contributed by atoms with E-state index in [1.165, 1.54) is 47.3 Å². The molecule has 0 aliphatic heterocycles. The number of aryl methyl sites for hydroxylation is 2. The van der Waals surface area contributed by atoms with Gasteiger partial charge in [0, 0.05) is 30.5 Å². The maximum Gasteiger partial charge on any atom is 0.276 e. The smallest absolute Gasteiger partial charge is 0.276 e. The van der Waals surface area contributed by atoms with Crippen LogP contribution >= 0.6 is 11.6 Å². The topological polar surface area (TPSA) is 152 Å². The third-order valence-electron chi connectivity index (χ3n) is 5.70. The van der Waals surface area contributed by atoms with Crippen molar-refractivity contribution in [2.75, 3.05) is 5.32 Å². The van der Waals surface area contributed by atoms with Gasteiger partial charge < -0.3 is 14.8 Å². The molecule has 0 bridgehead atoms. The van der Waals surface area contributed by atoms with Crippen molar-refractivity contribution < 1.29 is 24.1 Å². The summed E-state index contributed by atoms with van der Waals surface area (Å²) in [5.41, 5.74) is 2.61. The number of nitro groups is 2. The fourth-order valence-corrected chi connectivity index (χ4v) is 3.89. The molecule has 12 nitrogen and oxygen atoms in total. The van der Waals surface area contributed by atoms with Gasteiger partial charge in [0.2, 0.25) is 0 Å². The lowest BCUT2D eigenvalue weighted by molar-refractivity contribution is -0.385. The molecule has 39 heavy (non-hydrogen) atoms. The predicted molar refractivity (Wildman–Crippen MR) is 143 cm³/mol. The number of rotatable bonds is 9. The molecule has 200 valence electrons. The first kappa shape index (κ1) is 27.1. The summed E-state index contributed by atoms with van der Waals surface area (Å²) in [5.74, 6) is 0.326. The minimum absolute atomic E-state index is 0.0209. The van der Waals surface area contributed by atoms with E-state index in [2.05, 4.69) is 10.4 Å². The molecule has 13 heteroatoms. The van der Waals surface area contributed by atoms with Crippen LogP contribution in [0, 0.1) is 41.0 Å². The van der Waals surface area contributed by atoms with Crippen molar-refractivity contribution in [1.29, 1.82) is 0 Å². The fourth-order valence-electron chi connectivity index (χ4n) is 3.66. The summed E-state index contributed by atoms with van der Waals surface area (Å²) < 4.78 is 12.8. The molecule has 4 aromatic rings. The number of aromatic nitrogens is 2. The number of nitrogens with one attached hydrogen (secondary N) is 1. The van der Waals surface area contributed by atoms with Gasteiger partial charge in [0.25, 0.3) is 17.3 Å². The summed E-state index contributed by atoms with van der Waals surface area (Å²) >= 11 is 6.03. The first-order chi connectivity index (χ1) is 18.5. The average Bonchev–Trinajstić information content (AvgIpc) is 3.35. The van der Waals surface area contributed by atoms with Crippen LogP contribution in [0.3, 0.4) is 0 Å². The summed E-state index contributed by atoms with van der Waals surface area (Å²) in [6.45, 7) is 5.62. The van der Waals surface area contributed by atoms with Gasteiger partial charge in [-0.05, 0) is 55.7 Å². The van der Waals surface area contributed by atoms with Crippen LogP contribution in [0.4, 0.5) is 17.1 Å². The van der Waals surface area contributed by atoms with Crippen LogP contribution in [-0.4, -0.2) is 25.5 Å². The second-order valence-electron chi connectivity index (χ2n) is 8.62. The molecule has 3 aromatic carbocycles. The Balaban J connectivity index is 1.48. The summed E-state index contributed by atoms with van der Waals surface area (Å²) in [6.07, 6.45) is 1.49. The lowest BCUT2D eigenvalue weighted by atomic mass is 10.1. The molecule has 0 aliphatic rings. The molecule has 0 saturated heterocycles. The van der Waals surface area contributed by atoms with Crippen LogP contribution in [0.1, 0.15) is 27.2 Å². The first-order valence-corrected chi connectivity index (χ1v) is 11.8. The minimum Gasteiger partial charge on any atom is -0.470 e. The van der Waals surface area contributed by atoms with Crippen LogP contribution < -0.4 is 14.8 Å². The molecule has 0 unspecified atom stereocenters. The number of carbonyl (C=O) groups excluding carboxylic acids is 1. The highest BCUT2D eigenvalue weighted by atomic mass is 35.5. The van der Waals surface area contributed by atoms with Gasteiger partial charge in [0.05, 0.1) is 26.6 Å². The monoisotopic (exact) mass is 551 g/mol. The standard InChI is InChI=1S/C26H22ClN5O7/c1-15-8-16(2)17(3)25(9-15)39-21-11-18(10-20(12-21)32(36)37)28-26(33)23-6-7-30(29-23)14-38-24-5-4-19(31(34)35)13-22(24)27/h4-13H,14H2,1-3H3,(H,28,33). The second kappa shape index (κ2) is 11.2. The molecular formula is C26H22ClN5O7. The lowest BCUT2D eigenvalue weighted by Gasteiger charge is -2.13.